The lowest BCUT2D eigenvalue weighted by Gasteiger charge is -2.29. The maximum absolute atomic E-state index is 6.03. The van der Waals surface area contributed by atoms with Crippen molar-refractivity contribution in [3.8, 4) is 0 Å². The van der Waals surface area contributed by atoms with E-state index >= 15 is 0 Å². The van der Waals surface area contributed by atoms with Gasteiger partial charge in [-0.3, -0.25) is 0 Å². The Labute approximate surface area is 150 Å². The number of fused-ring (bicyclic) bond motifs is 1. The summed E-state index contributed by atoms with van der Waals surface area (Å²) in [5, 5.41) is 1.40. The van der Waals surface area contributed by atoms with E-state index in [2.05, 4.69) is 70.3 Å². The number of nitrogens with zero attached hydrogens (tertiary/aromatic N) is 2. The molecule has 1 saturated heterocycles. The molecule has 1 aromatic heterocycles. The van der Waals surface area contributed by atoms with Gasteiger partial charge in [-0.15, -0.1) is 0 Å². The fourth-order valence-electron chi connectivity index (χ4n) is 3.89. The molecule has 0 atom stereocenters. The lowest BCUT2D eigenvalue weighted by atomic mass is 10.0. The van der Waals surface area contributed by atoms with E-state index in [1.807, 2.05) is 0 Å². The molecule has 1 aliphatic rings. The zero-order valence-corrected chi connectivity index (χ0v) is 14.8. The Kier molecular flexibility index (Phi) is 4.86. The van der Waals surface area contributed by atoms with Gasteiger partial charge in [0.05, 0.1) is 0 Å². The zero-order chi connectivity index (χ0) is 17.1. The van der Waals surface area contributed by atoms with Crippen molar-refractivity contribution in [1.29, 1.82) is 0 Å². The third-order valence-corrected chi connectivity index (χ3v) is 5.40. The average Bonchev–Trinajstić information content (AvgIpc) is 3.00. The van der Waals surface area contributed by atoms with Crippen LogP contribution >= 0.6 is 0 Å². The zero-order valence-electron chi connectivity index (χ0n) is 14.8. The van der Waals surface area contributed by atoms with Gasteiger partial charge in [0, 0.05) is 36.2 Å². The molecule has 1 aliphatic heterocycles. The molecule has 0 bridgehead atoms. The first kappa shape index (κ1) is 16.4. The Bertz CT molecular complexity index is 814. The number of para-hydroxylation sites is 1. The van der Waals surface area contributed by atoms with Crippen LogP contribution < -0.4 is 5.73 Å². The molecule has 3 nitrogen and oxygen atoms in total. The molecule has 0 radical (unpaired) electrons. The van der Waals surface area contributed by atoms with Crippen LogP contribution in [0.1, 0.15) is 24.0 Å². The molecule has 0 unspecified atom stereocenters. The number of benzene rings is 2. The van der Waals surface area contributed by atoms with Crippen molar-refractivity contribution < 1.29 is 0 Å². The van der Waals surface area contributed by atoms with Gasteiger partial charge in [0.1, 0.15) is 0 Å². The van der Waals surface area contributed by atoms with Crippen LogP contribution in [0.25, 0.3) is 10.9 Å². The second-order valence-corrected chi connectivity index (χ2v) is 7.21. The maximum Gasteiger partial charge on any atom is 0.0486 e. The fraction of sp³-hybridized carbons (Fsp3) is 0.364. The smallest absolute Gasteiger partial charge is 0.0486 e. The maximum atomic E-state index is 6.03. The summed E-state index contributed by atoms with van der Waals surface area (Å²) in [5.41, 5.74) is 10.2. The minimum Gasteiger partial charge on any atom is -0.343 e. The van der Waals surface area contributed by atoms with Crippen LogP contribution in [0.15, 0.2) is 60.8 Å². The minimum atomic E-state index is 0.407. The van der Waals surface area contributed by atoms with Crippen LogP contribution in [0, 0.1) is 0 Å². The van der Waals surface area contributed by atoms with Crippen LogP contribution in [-0.2, 0) is 13.0 Å². The molecular weight excluding hydrogens is 306 g/mol. The highest BCUT2D eigenvalue weighted by Crippen LogP contribution is 2.23. The third kappa shape index (κ3) is 3.78. The average molecular weight is 333 g/mol. The normalized spacial score (nSPS) is 16.5. The summed E-state index contributed by atoms with van der Waals surface area (Å²) in [6.45, 7) is 4.35. The predicted molar refractivity (Wildman–Crippen MR) is 105 cm³/mol. The van der Waals surface area contributed by atoms with Gasteiger partial charge in [-0.25, -0.2) is 0 Å². The van der Waals surface area contributed by atoms with Crippen molar-refractivity contribution in [2.24, 2.45) is 5.73 Å². The quantitative estimate of drug-likeness (QED) is 0.773. The largest absolute Gasteiger partial charge is 0.343 e. The van der Waals surface area contributed by atoms with Gasteiger partial charge in [0.2, 0.25) is 0 Å². The molecular formula is C22H27N3. The van der Waals surface area contributed by atoms with Crippen LogP contribution in [0.4, 0.5) is 0 Å². The lowest BCUT2D eigenvalue weighted by Crippen LogP contribution is -2.40. The SMILES string of the molecule is NC1CCN(CCc2cn(Cc3ccccc3)c3ccccc23)CC1. The first-order chi connectivity index (χ1) is 12.3. The van der Waals surface area contributed by atoms with E-state index < -0.39 is 0 Å². The number of piperidine rings is 1. The molecule has 1 fully saturated rings. The van der Waals surface area contributed by atoms with E-state index in [1.165, 1.54) is 22.0 Å². The summed E-state index contributed by atoms with van der Waals surface area (Å²) >= 11 is 0. The third-order valence-electron chi connectivity index (χ3n) is 5.40. The van der Waals surface area contributed by atoms with E-state index in [1.54, 1.807) is 0 Å². The molecule has 0 saturated carbocycles. The van der Waals surface area contributed by atoms with Crippen molar-refractivity contribution in [3.63, 3.8) is 0 Å². The van der Waals surface area contributed by atoms with Gasteiger partial charge in [0.15, 0.2) is 0 Å². The molecule has 2 aromatic carbocycles. The van der Waals surface area contributed by atoms with Gasteiger partial charge >= 0.3 is 0 Å². The second-order valence-electron chi connectivity index (χ2n) is 7.21. The van der Waals surface area contributed by atoms with E-state index in [9.17, 15) is 0 Å². The Morgan fingerprint density at radius 2 is 1.64 bits per heavy atom. The van der Waals surface area contributed by atoms with Gasteiger partial charge in [-0.05, 0) is 49.5 Å². The van der Waals surface area contributed by atoms with Crippen molar-refractivity contribution >= 4 is 10.9 Å². The summed E-state index contributed by atoms with van der Waals surface area (Å²) in [4.78, 5) is 2.56. The minimum absolute atomic E-state index is 0.407. The van der Waals surface area contributed by atoms with Crippen molar-refractivity contribution in [2.45, 2.75) is 31.8 Å². The van der Waals surface area contributed by atoms with Crippen LogP contribution in [-0.4, -0.2) is 35.1 Å². The van der Waals surface area contributed by atoms with Gasteiger partial charge in [-0.1, -0.05) is 48.5 Å². The molecule has 3 heteroatoms. The molecule has 0 aliphatic carbocycles. The molecule has 2 N–H and O–H groups in total. The van der Waals surface area contributed by atoms with Crippen molar-refractivity contribution in [3.05, 3.63) is 71.9 Å². The fourth-order valence-corrected chi connectivity index (χ4v) is 3.89. The molecule has 2 heterocycles. The predicted octanol–water partition coefficient (Wildman–Crippen LogP) is 3.66. The Balaban J connectivity index is 1.53. The van der Waals surface area contributed by atoms with Crippen molar-refractivity contribution in [1.82, 2.24) is 9.47 Å². The Morgan fingerprint density at radius 3 is 2.44 bits per heavy atom. The molecule has 130 valence electrons. The number of rotatable bonds is 5. The van der Waals surface area contributed by atoms with Gasteiger partial charge < -0.3 is 15.2 Å². The highest BCUT2D eigenvalue weighted by Gasteiger charge is 2.16. The van der Waals surface area contributed by atoms with E-state index in [0.29, 0.717) is 6.04 Å². The number of hydrogen-bond donors (Lipinski definition) is 1. The van der Waals surface area contributed by atoms with Gasteiger partial charge in [-0.2, -0.15) is 0 Å². The van der Waals surface area contributed by atoms with Crippen molar-refractivity contribution in [2.75, 3.05) is 19.6 Å². The van der Waals surface area contributed by atoms with E-state index in [4.69, 9.17) is 5.73 Å². The number of hydrogen-bond acceptors (Lipinski definition) is 2. The van der Waals surface area contributed by atoms with Gasteiger partial charge in [0.25, 0.3) is 0 Å². The first-order valence-corrected chi connectivity index (χ1v) is 9.38. The first-order valence-electron chi connectivity index (χ1n) is 9.38. The molecule has 0 amide bonds. The topological polar surface area (TPSA) is 34.2 Å². The number of nitrogens with two attached hydrogens (primary N) is 1. The van der Waals surface area contributed by atoms with E-state index in [-0.39, 0.29) is 0 Å². The summed E-state index contributed by atoms with van der Waals surface area (Å²) in [6.07, 6.45) is 5.73. The van der Waals surface area contributed by atoms with Crippen LogP contribution in [0.2, 0.25) is 0 Å². The summed E-state index contributed by atoms with van der Waals surface area (Å²) in [5.74, 6) is 0. The number of aromatic nitrogens is 1. The van der Waals surface area contributed by atoms with Crippen LogP contribution in [0.5, 0.6) is 0 Å². The molecule has 4 rings (SSSR count). The molecule has 0 spiro atoms. The second kappa shape index (κ2) is 7.42. The monoisotopic (exact) mass is 333 g/mol. The molecule has 3 aromatic rings. The van der Waals surface area contributed by atoms with Crippen LogP contribution in [0.3, 0.4) is 0 Å². The standard InChI is InChI=1S/C22H27N3/c23-20-11-14-24(15-12-20)13-10-19-17-25(16-18-6-2-1-3-7-18)22-9-5-4-8-21(19)22/h1-9,17,20H,10-16,23H2. The Morgan fingerprint density at radius 1 is 0.920 bits per heavy atom. The summed E-state index contributed by atoms with van der Waals surface area (Å²) in [6, 6.07) is 19.9. The summed E-state index contributed by atoms with van der Waals surface area (Å²) < 4.78 is 2.39. The Hall–Kier alpha value is -2.10. The highest BCUT2D eigenvalue weighted by molar-refractivity contribution is 5.84. The lowest BCUT2D eigenvalue weighted by molar-refractivity contribution is 0.216. The molecule has 25 heavy (non-hydrogen) atoms. The van der Waals surface area contributed by atoms with E-state index in [0.717, 1.165) is 45.4 Å². The number of likely N-dealkylation sites (tertiary alicyclic amines) is 1. The summed E-state index contributed by atoms with van der Waals surface area (Å²) in [7, 11) is 0. The highest BCUT2D eigenvalue weighted by atomic mass is 15.1.